The molecule has 4 rings (SSSR count). The molecule has 1 unspecified atom stereocenters. The first-order valence-electron chi connectivity index (χ1n) is 12.2. The fourth-order valence-corrected chi connectivity index (χ4v) is 4.27. The van der Waals surface area contributed by atoms with E-state index in [1.165, 1.54) is 6.07 Å². The molecule has 192 valence electrons. The number of amides is 1. The maximum atomic E-state index is 12.9. The summed E-state index contributed by atoms with van der Waals surface area (Å²) in [4.78, 5) is 27.1. The van der Waals surface area contributed by atoms with Crippen LogP contribution in [0.15, 0.2) is 72.9 Å². The molecule has 0 saturated carbocycles. The number of hydrogen-bond acceptors (Lipinski definition) is 5. The lowest BCUT2D eigenvalue weighted by Gasteiger charge is -2.20. The van der Waals surface area contributed by atoms with Crippen molar-refractivity contribution >= 4 is 22.5 Å². The molecule has 3 aromatic carbocycles. The van der Waals surface area contributed by atoms with Crippen LogP contribution in [0.5, 0.6) is 11.5 Å². The summed E-state index contributed by atoms with van der Waals surface area (Å²) in [5, 5.41) is 15.1. The number of carbonyl (C=O) groups excluding carboxylic acids is 1. The number of aromatic amines is 1. The number of nitro benzene ring substituents is 1. The van der Waals surface area contributed by atoms with E-state index >= 15 is 0 Å². The molecule has 0 fully saturated rings. The molecule has 0 aliphatic rings. The van der Waals surface area contributed by atoms with Crippen molar-refractivity contribution in [3.8, 4) is 11.5 Å². The van der Waals surface area contributed by atoms with Crippen LogP contribution in [0.3, 0.4) is 0 Å². The van der Waals surface area contributed by atoms with Gasteiger partial charge in [0, 0.05) is 48.1 Å². The summed E-state index contributed by atoms with van der Waals surface area (Å²) in [6, 6.07) is 20.2. The smallest absolute Gasteiger partial charge is 0.270 e. The molecule has 1 atom stereocenters. The highest BCUT2D eigenvalue weighted by Gasteiger charge is 2.24. The Morgan fingerprint density at radius 1 is 1.05 bits per heavy atom. The summed E-state index contributed by atoms with van der Waals surface area (Å²) in [6.45, 7) is 5.04. The van der Waals surface area contributed by atoms with Gasteiger partial charge in [-0.25, -0.2) is 0 Å². The molecule has 0 bridgehead atoms. The fourth-order valence-electron chi connectivity index (χ4n) is 4.27. The van der Waals surface area contributed by atoms with Crippen LogP contribution in [0.4, 0.5) is 5.69 Å². The van der Waals surface area contributed by atoms with Crippen molar-refractivity contribution < 1.29 is 19.2 Å². The van der Waals surface area contributed by atoms with Crippen LogP contribution < -0.4 is 14.8 Å². The number of benzene rings is 3. The van der Waals surface area contributed by atoms with Gasteiger partial charge in [0.25, 0.3) is 5.69 Å². The third-order valence-electron chi connectivity index (χ3n) is 6.21. The quantitative estimate of drug-likeness (QED) is 0.195. The Morgan fingerprint density at radius 3 is 2.54 bits per heavy atom. The molecule has 0 aliphatic heterocycles. The maximum absolute atomic E-state index is 12.9. The van der Waals surface area contributed by atoms with Crippen molar-refractivity contribution in [2.24, 2.45) is 5.92 Å². The van der Waals surface area contributed by atoms with E-state index in [-0.39, 0.29) is 23.9 Å². The Labute approximate surface area is 215 Å². The molecule has 4 aromatic rings. The van der Waals surface area contributed by atoms with Crippen LogP contribution in [-0.2, 0) is 11.4 Å². The molecule has 1 amide bonds. The van der Waals surface area contributed by atoms with E-state index in [0.29, 0.717) is 36.0 Å². The molecule has 37 heavy (non-hydrogen) atoms. The van der Waals surface area contributed by atoms with Gasteiger partial charge in [-0.2, -0.15) is 0 Å². The Kier molecular flexibility index (Phi) is 8.08. The number of hydrogen-bond donors (Lipinski definition) is 2. The number of H-pyrrole nitrogens is 1. The van der Waals surface area contributed by atoms with E-state index in [1.54, 1.807) is 19.2 Å². The van der Waals surface area contributed by atoms with Gasteiger partial charge in [-0.05, 0) is 40.8 Å². The van der Waals surface area contributed by atoms with Crippen LogP contribution >= 0.6 is 0 Å². The molecule has 0 saturated heterocycles. The van der Waals surface area contributed by atoms with E-state index in [4.69, 9.17) is 9.47 Å². The number of non-ortho nitro benzene ring substituents is 1. The predicted octanol–water partition coefficient (Wildman–Crippen LogP) is 5.96. The summed E-state index contributed by atoms with van der Waals surface area (Å²) in [6.07, 6.45) is 2.00. The normalized spacial score (nSPS) is 11.9. The lowest BCUT2D eigenvalue weighted by molar-refractivity contribution is -0.384. The van der Waals surface area contributed by atoms with Gasteiger partial charge in [0.2, 0.25) is 5.91 Å². The second-order valence-corrected chi connectivity index (χ2v) is 9.37. The SMILES string of the molecule is COc1cc(C(CC(=O)NCC(C)C)c2c[nH]c3ccc([N+](=O)[O-])cc23)ccc1OCc1ccccc1. The summed E-state index contributed by atoms with van der Waals surface area (Å²) in [5.74, 6) is 1.00. The molecule has 1 heterocycles. The Bertz CT molecular complexity index is 1380. The number of rotatable bonds is 11. The third kappa shape index (κ3) is 6.27. The minimum Gasteiger partial charge on any atom is -0.493 e. The number of nitrogens with one attached hydrogen (secondary N) is 2. The summed E-state index contributed by atoms with van der Waals surface area (Å²) < 4.78 is 11.7. The van der Waals surface area contributed by atoms with Crippen molar-refractivity contribution in [1.29, 1.82) is 0 Å². The zero-order chi connectivity index (χ0) is 26.4. The molecular weight excluding hydrogens is 470 g/mol. The van der Waals surface area contributed by atoms with Crippen molar-refractivity contribution in [2.75, 3.05) is 13.7 Å². The van der Waals surface area contributed by atoms with Gasteiger partial charge in [0.05, 0.1) is 12.0 Å². The monoisotopic (exact) mass is 501 g/mol. The number of ether oxygens (including phenoxy) is 2. The number of fused-ring (bicyclic) bond motifs is 1. The lowest BCUT2D eigenvalue weighted by atomic mass is 9.87. The Balaban J connectivity index is 1.70. The minimum absolute atomic E-state index is 0.00130. The van der Waals surface area contributed by atoms with Gasteiger partial charge in [-0.1, -0.05) is 50.2 Å². The highest BCUT2D eigenvalue weighted by Crippen LogP contribution is 2.38. The van der Waals surface area contributed by atoms with Gasteiger partial charge >= 0.3 is 0 Å². The van der Waals surface area contributed by atoms with E-state index in [1.807, 2.05) is 68.6 Å². The molecule has 0 aliphatic carbocycles. The van der Waals surface area contributed by atoms with Gasteiger partial charge in [-0.15, -0.1) is 0 Å². The molecule has 2 N–H and O–H groups in total. The number of nitrogens with zero attached hydrogens (tertiary/aromatic N) is 1. The van der Waals surface area contributed by atoms with Crippen molar-refractivity contribution in [3.05, 3.63) is 99.7 Å². The fraction of sp³-hybridized carbons (Fsp3) is 0.276. The highest BCUT2D eigenvalue weighted by atomic mass is 16.6. The average Bonchev–Trinajstić information content (AvgIpc) is 3.33. The van der Waals surface area contributed by atoms with E-state index in [0.717, 1.165) is 22.2 Å². The molecular formula is C29H31N3O5. The van der Waals surface area contributed by atoms with Crippen LogP contribution in [0.25, 0.3) is 10.9 Å². The Hall–Kier alpha value is -4.33. The van der Waals surface area contributed by atoms with Gasteiger partial charge in [0.15, 0.2) is 11.5 Å². The summed E-state index contributed by atoms with van der Waals surface area (Å²) >= 11 is 0. The first kappa shape index (κ1) is 25.8. The first-order chi connectivity index (χ1) is 17.9. The first-order valence-corrected chi connectivity index (χ1v) is 12.2. The molecule has 8 heteroatoms. The minimum atomic E-state index is -0.414. The van der Waals surface area contributed by atoms with Crippen molar-refractivity contribution in [1.82, 2.24) is 10.3 Å². The van der Waals surface area contributed by atoms with Gasteiger partial charge in [-0.3, -0.25) is 14.9 Å². The molecule has 0 spiro atoms. The Morgan fingerprint density at radius 2 is 1.84 bits per heavy atom. The zero-order valence-corrected chi connectivity index (χ0v) is 21.2. The van der Waals surface area contributed by atoms with Crippen LogP contribution in [0, 0.1) is 16.0 Å². The van der Waals surface area contributed by atoms with Gasteiger partial charge < -0.3 is 19.8 Å². The van der Waals surface area contributed by atoms with Crippen molar-refractivity contribution in [2.45, 2.75) is 32.8 Å². The molecule has 8 nitrogen and oxygen atoms in total. The van der Waals surface area contributed by atoms with E-state index < -0.39 is 4.92 Å². The van der Waals surface area contributed by atoms with Crippen molar-refractivity contribution in [3.63, 3.8) is 0 Å². The van der Waals surface area contributed by atoms with Crippen LogP contribution in [0.2, 0.25) is 0 Å². The predicted molar refractivity (Wildman–Crippen MR) is 143 cm³/mol. The second-order valence-electron chi connectivity index (χ2n) is 9.37. The lowest BCUT2D eigenvalue weighted by Crippen LogP contribution is -2.28. The van der Waals surface area contributed by atoms with Crippen LogP contribution in [-0.4, -0.2) is 29.5 Å². The van der Waals surface area contributed by atoms with E-state index in [2.05, 4.69) is 10.3 Å². The highest BCUT2D eigenvalue weighted by molar-refractivity contribution is 5.87. The number of nitro groups is 1. The number of carbonyl (C=O) groups is 1. The molecule has 0 radical (unpaired) electrons. The number of methoxy groups -OCH3 is 1. The van der Waals surface area contributed by atoms with Crippen LogP contribution in [0.1, 0.15) is 42.9 Å². The number of aromatic nitrogens is 1. The topological polar surface area (TPSA) is 106 Å². The maximum Gasteiger partial charge on any atom is 0.270 e. The zero-order valence-electron chi connectivity index (χ0n) is 21.2. The third-order valence-corrected chi connectivity index (χ3v) is 6.21. The summed E-state index contributed by atoms with van der Waals surface area (Å²) in [5.41, 5.74) is 3.45. The summed E-state index contributed by atoms with van der Waals surface area (Å²) in [7, 11) is 1.58. The molecule has 1 aromatic heterocycles. The largest absolute Gasteiger partial charge is 0.493 e. The standard InChI is InChI=1S/C29H31N3O5/c1-19(2)16-31-29(33)15-23(25-17-30-26-11-10-22(32(34)35)14-24(25)26)21-9-12-27(28(13-21)36-3)37-18-20-7-5-4-6-8-20/h4-14,17,19,23,30H,15-16,18H2,1-3H3,(H,31,33). The second kappa shape index (κ2) is 11.6. The van der Waals surface area contributed by atoms with E-state index in [9.17, 15) is 14.9 Å². The average molecular weight is 502 g/mol. The van der Waals surface area contributed by atoms with Gasteiger partial charge in [0.1, 0.15) is 6.61 Å².